The van der Waals surface area contributed by atoms with Crippen LogP contribution in [0, 0.1) is 5.82 Å². The van der Waals surface area contributed by atoms with Crippen molar-refractivity contribution >= 4 is 33.1 Å². The Morgan fingerprint density at radius 1 is 1.50 bits per heavy atom. The van der Waals surface area contributed by atoms with Gasteiger partial charge in [0.1, 0.15) is 5.82 Å². The van der Waals surface area contributed by atoms with Crippen LogP contribution in [0.3, 0.4) is 0 Å². The minimum absolute atomic E-state index is 0.178. The summed E-state index contributed by atoms with van der Waals surface area (Å²) < 4.78 is 13.7. The molecule has 1 heterocycles. The van der Waals surface area contributed by atoms with Crippen molar-refractivity contribution in [2.24, 2.45) is 5.73 Å². The van der Waals surface area contributed by atoms with Gasteiger partial charge in [0.25, 0.3) is 0 Å². The first-order chi connectivity index (χ1) is 8.58. The van der Waals surface area contributed by atoms with Gasteiger partial charge in [-0.1, -0.05) is 24.7 Å². The van der Waals surface area contributed by atoms with E-state index < -0.39 is 0 Å². The number of hydrogen-bond donors (Lipinski definition) is 1. The monoisotopic (exact) mass is 330 g/mol. The van der Waals surface area contributed by atoms with Crippen LogP contribution in [0.15, 0.2) is 22.7 Å². The van der Waals surface area contributed by atoms with E-state index in [2.05, 4.69) is 20.8 Å². The maximum Gasteiger partial charge on any atom is 0.137 e. The van der Waals surface area contributed by atoms with Crippen molar-refractivity contribution in [3.05, 3.63) is 34.1 Å². The number of hydrogen-bond acceptors (Lipinski definition) is 2. The zero-order chi connectivity index (χ0) is 13.1. The number of rotatable bonds is 3. The van der Waals surface area contributed by atoms with Crippen LogP contribution in [0.1, 0.15) is 24.8 Å². The smallest absolute Gasteiger partial charge is 0.137 e. The van der Waals surface area contributed by atoms with Gasteiger partial charge >= 0.3 is 0 Å². The first-order valence-corrected chi connectivity index (χ1v) is 7.25. The Morgan fingerprint density at radius 2 is 2.28 bits per heavy atom. The molecular formula is C13H16BrFN2S. The Hall–Kier alpha value is -0.520. The Bertz CT molecular complexity index is 453. The third-order valence-corrected chi connectivity index (χ3v) is 4.19. The molecule has 1 unspecified atom stereocenters. The molecule has 5 heteroatoms. The van der Waals surface area contributed by atoms with Crippen LogP contribution in [-0.2, 0) is 6.54 Å². The fourth-order valence-electron chi connectivity index (χ4n) is 2.37. The number of benzene rings is 1. The van der Waals surface area contributed by atoms with Crippen molar-refractivity contribution in [2.75, 3.05) is 6.54 Å². The maximum absolute atomic E-state index is 13.2. The van der Waals surface area contributed by atoms with Gasteiger partial charge in [-0.05, 0) is 53.0 Å². The Kier molecular flexibility index (Phi) is 4.70. The molecule has 18 heavy (non-hydrogen) atoms. The molecule has 2 rings (SSSR count). The second-order valence-corrected chi connectivity index (χ2v) is 5.96. The van der Waals surface area contributed by atoms with Crippen molar-refractivity contribution in [2.45, 2.75) is 31.8 Å². The lowest BCUT2D eigenvalue weighted by molar-refractivity contribution is 0.184. The molecule has 0 saturated carbocycles. The molecule has 98 valence electrons. The Balaban J connectivity index is 2.10. The van der Waals surface area contributed by atoms with Crippen molar-refractivity contribution < 1.29 is 4.39 Å². The van der Waals surface area contributed by atoms with Crippen LogP contribution in [0.4, 0.5) is 4.39 Å². The lowest BCUT2D eigenvalue weighted by Gasteiger charge is -2.35. The lowest BCUT2D eigenvalue weighted by atomic mass is 10.0. The maximum atomic E-state index is 13.2. The lowest BCUT2D eigenvalue weighted by Crippen LogP contribution is -2.46. The summed E-state index contributed by atoms with van der Waals surface area (Å²) in [5.41, 5.74) is 6.86. The van der Waals surface area contributed by atoms with Gasteiger partial charge in [0, 0.05) is 6.54 Å². The van der Waals surface area contributed by atoms with Gasteiger partial charge < -0.3 is 5.73 Å². The number of nitrogens with two attached hydrogens (primary N) is 1. The van der Waals surface area contributed by atoms with Gasteiger partial charge in [0.15, 0.2) is 0 Å². The van der Waals surface area contributed by atoms with Crippen LogP contribution < -0.4 is 5.73 Å². The molecule has 1 atom stereocenters. The van der Waals surface area contributed by atoms with Crippen molar-refractivity contribution in [1.29, 1.82) is 0 Å². The summed E-state index contributed by atoms with van der Waals surface area (Å²) >= 11 is 8.33. The highest BCUT2D eigenvalue weighted by Gasteiger charge is 2.24. The Morgan fingerprint density at radius 3 is 2.94 bits per heavy atom. The van der Waals surface area contributed by atoms with Gasteiger partial charge in [-0.15, -0.1) is 0 Å². The third-order valence-electron chi connectivity index (χ3n) is 3.31. The van der Waals surface area contributed by atoms with Crippen LogP contribution in [-0.4, -0.2) is 22.5 Å². The highest BCUT2D eigenvalue weighted by molar-refractivity contribution is 9.10. The van der Waals surface area contributed by atoms with Crippen molar-refractivity contribution in [3.8, 4) is 0 Å². The zero-order valence-corrected chi connectivity index (χ0v) is 12.4. The standard InChI is InChI=1S/C13H16BrFN2S/c14-10-7-9(4-5-11(10)15)8-17-6-2-1-3-12(17)13(16)18/h4-5,7,12H,1-3,6,8H2,(H2,16,18). The summed E-state index contributed by atoms with van der Waals surface area (Å²) in [5.74, 6) is -0.233. The van der Waals surface area contributed by atoms with Crippen LogP contribution in [0.25, 0.3) is 0 Å². The molecule has 0 amide bonds. The summed E-state index contributed by atoms with van der Waals surface area (Å²) in [6, 6.07) is 5.29. The molecule has 2 nitrogen and oxygen atoms in total. The largest absolute Gasteiger partial charge is 0.392 e. The number of thiocarbonyl (C=S) groups is 1. The zero-order valence-electron chi connectivity index (χ0n) is 10.0. The van der Waals surface area contributed by atoms with Crippen LogP contribution in [0.2, 0.25) is 0 Å². The predicted octanol–water partition coefficient (Wildman–Crippen LogP) is 3.23. The van der Waals surface area contributed by atoms with E-state index in [-0.39, 0.29) is 11.9 Å². The topological polar surface area (TPSA) is 29.3 Å². The van der Waals surface area contributed by atoms with E-state index in [1.165, 1.54) is 18.9 Å². The summed E-state index contributed by atoms with van der Waals surface area (Å²) in [7, 11) is 0. The first kappa shape index (κ1) is 13.9. The van der Waals surface area contributed by atoms with Gasteiger partial charge in [-0.3, -0.25) is 4.90 Å². The quantitative estimate of drug-likeness (QED) is 0.863. The molecule has 0 bridgehead atoms. The van der Waals surface area contributed by atoms with Gasteiger partial charge in [-0.25, -0.2) is 4.39 Å². The summed E-state index contributed by atoms with van der Waals surface area (Å²) in [6.07, 6.45) is 3.37. The average Bonchev–Trinajstić information content (AvgIpc) is 2.34. The van der Waals surface area contributed by atoms with E-state index in [0.29, 0.717) is 9.46 Å². The third kappa shape index (κ3) is 3.28. The molecule has 1 aliphatic rings. The molecule has 1 saturated heterocycles. The molecule has 1 fully saturated rings. The highest BCUT2D eigenvalue weighted by Crippen LogP contribution is 2.22. The molecular weight excluding hydrogens is 315 g/mol. The van der Waals surface area contributed by atoms with Gasteiger partial charge in [0.2, 0.25) is 0 Å². The molecule has 1 aromatic carbocycles. The van der Waals surface area contributed by atoms with Crippen LogP contribution in [0.5, 0.6) is 0 Å². The van der Waals surface area contributed by atoms with E-state index in [1.807, 2.05) is 12.1 Å². The van der Waals surface area contributed by atoms with E-state index in [9.17, 15) is 4.39 Å². The molecule has 1 aliphatic heterocycles. The molecule has 0 aromatic heterocycles. The van der Waals surface area contributed by atoms with E-state index in [4.69, 9.17) is 18.0 Å². The Labute approximate surface area is 120 Å². The fraction of sp³-hybridized carbons (Fsp3) is 0.462. The number of nitrogens with zero attached hydrogens (tertiary/aromatic N) is 1. The van der Waals surface area contributed by atoms with Crippen molar-refractivity contribution in [3.63, 3.8) is 0 Å². The number of likely N-dealkylation sites (tertiary alicyclic amines) is 1. The van der Waals surface area contributed by atoms with E-state index in [1.54, 1.807) is 0 Å². The fourth-order valence-corrected chi connectivity index (χ4v) is 3.07. The normalized spacial score (nSPS) is 20.9. The van der Waals surface area contributed by atoms with Gasteiger partial charge in [0.05, 0.1) is 15.5 Å². The summed E-state index contributed by atoms with van der Waals surface area (Å²) in [5, 5.41) is 0. The number of halogens is 2. The number of piperidine rings is 1. The predicted molar refractivity (Wildman–Crippen MR) is 78.9 cm³/mol. The van der Waals surface area contributed by atoms with E-state index in [0.717, 1.165) is 25.1 Å². The molecule has 0 radical (unpaired) electrons. The SMILES string of the molecule is NC(=S)C1CCCCN1Cc1ccc(F)c(Br)c1. The van der Waals surface area contributed by atoms with E-state index >= 15 is 0 Å². The average molecular weight is 331 g/mol. The van der Waals surface area contributed by atoms with Crippen LogP contribution >= 0.6 is 28.1 Å². The van der Waals surface area contributed by atoms with Crippen molar-refractivity contribution in [1.82, 2.24) is 4.90 Å². The molecule has 0 spiro atoms. The molecule has 2 N–H and O–H groups in total. The molecule has 0 aliphatic carbocycles. The summed E-state index contributed by atoms with van der Waals surface area (Å²) in [6.45, 7) is 1.76. The summed E-state index contributed by atoms with van der Waals surface area (Å²) in [4.78, 5) is 2.85. The minimum Gasteiger partial charge on any atom is -0.392 e. The highest BCUT2D eigenvalue weighted by atomic mass is 79.9. The first-order valence-electron chi connectivity index (χ1n) is 6.05. The van der Waals surface area contributed by atoms with Gasteiger partial charge in [-0.2, -0.15) is 0 Å². The second kappa shape index (κ2) is 6.08. The minimum atomic E-state index is -0.233. The second-order valence-electron chi connectivity index (χ2n) is 4.63. The molecule has 1 aromatic rings.